The maximum Gasteiger partial charge on any atom is 0.175 e. The normalized spacial score (nSPS) is 9.74. The van der Waals surface area contributed by atoms with Crippen LogP contribution in [-0.4, -0.2) is 7.11 Å². The molecule has 3 nitrogen and oxygen atoms in total. The van der Waals surface area contributed by atoms with Crippen LogP contribution in [0.15, 0.2) is 46.9 Å². The predicted molar refractivity (Wildman–Crippen MR) is 76.2 cm³/mol. The highest BCUT2D eigenvalue weighted by Crippen LogP contribution is 2.35. The molecule has 0 amide bonds. The van der Waals surface area contributed by atoms with Crippen LogP contribution in [0.2, 0.25) is 0 Å². The standard InChI is InChI=1S/C15H12BrNO2/c1-18-14-7-3-6-13(16)15(14)19-10-12-5-2-4-11(8-12)9-17/h2-8H,10H2,1H3. The zero-order chi connectivity index (χ0) is 13.7. The van der Waals surface area contributed by atoms with Crippen LogP contribution in [0.4, 0.5) is 0 Å². The van der Waals surface area contributed by atoms with Gasteiger partial charge in [0.15, 0.2) is 11.5 Å². The van der Waals surface area contributed by atoms with Crippen LogP contribution < -0.4 is 9.47 Å². The van der Waals surface area contributed by atoms with Gasteiger partial charge in [-0.3, -0.25) is 0 Å². The number of benzene rings is 2. The lowest BCUT2D eigenvalue weighted by molar-refractivity contribution is 0.282. The number of halogens is 1. The molecule has 0 radical (unpaired) electrons. The Kier molecular flexibility index (Phi) is 4.43. The second-order valence-electron chi connectivity index (χ2n) is 3.87. The van der Waals surface area contributed by atoms with Gasteiger partial charge in [-0.05, 0) is 45.8 Å². The molecule has 96 valence electrons. The van der Waals surface area contributed by atoms with Crippen LogP contribution in [0, 0.1) is 11.3 Å². The fraction of sp³-hybridized carbons (Fsp3) is 0.133. The van der Waals surface area contributed by atoms with Crippen molar-refractivity contribution in [2.24, 2.45) is 0 Å². The molecule has 0 aliphatic rings. The average molecular weight is 318 g/mol. The Labute approximate surface area is 120 Å². The number of hydrogen-bond acceptors (Lipinski definition) is 3. The molecular weight excluding hydrogens is 306 g/mol. The van der Waals surface area contributed by atoms with Crippen molar-refractivity contribution in [1.29, 1.82) is 5.26 Å². The highest BCUT2D eigenvalue weighted by Gasteiger charge is 2.08. The third kappa shape index (κ3) is 3.27. The molecule has 0 saturated carbocycles. The Bertz CT molecular complexity index is 620. The second kappa shape index (κ2) is 6.26. The molecule has 0 unspecified atom stereocenters. The van der Waals surface area contributed by atoms with Crippen molar-refractivity contribution in [2.45, 2.75) is 6.61 Å². The summed E-state index contributed by atoms with van der Waals surface area (Å²) in [5.74, 6) is 1.33. The van der Waals surface area contributed by atoms with Crippen molar-refractivity contribution < 1.29 is 9.47 Å². The zero-order valence-electron chi connectivity index (χ0n) is 10.4. The number of nitrogens with zero attached hydrogens (tertiary/aromatic N) is 1. The highest BCUT2D eigenvalue weighted by atomic mass is 79.9. The zero-order valence-corrected chi connectivity index (χ0v) is 12.0. The highest BCUT2D eigenvalue weighted by molar-refractivity contribution is 9.10. The number of rotatable bonds is 4. The summed E-state index contributed by atoms with van der Waals surface area (Å²) in [6.07, 6.45) is 0. The SMILES string of the molecule is COc1cccc(Br)c1OCc1cccc(C#N)c1. The van der Waals surface area contributed by atoms with Crippen molar-refractivity contribution >= 4 is 15.9 Å². The van der Waals surface area contributed by atoms with E-state index in [-0.39, 0.29) is 0 Å². The molecule has 2 rings (SSSR count). The lowest BCUT2D eigenvalue weighted by Gasteiger charge is -2.12. The molecule has 2 aromatic carbocycles. The van der Waals surface area contributed by atoms with Crippen LogP contribution in [-0.2, 0) is 6.61 Å². The molecule has 19 heavy (non-hydrogen) atoms. The van der Waals surface area contributed by atoms with Gasteiger partial charge in [-0.25, -0.2) is 0 Å². The minimum atomic E-state index is 0.383. The second-order valence-corrected chi connectivity index (χ2v) is 4.73. The van der Waals surface area contributed by atoms with Gasteiger partial charge in [0.2, 0.25) is 0 Å². The van der Waals surface area contributed by atoms with Crippen molar-refractivity contribution in [3.8, 4) is 17.6 Å². The summed E-state index contributed by atoms with van der Waals surface area (Å²) in [4.78, 5) is 0. The molecule has 0 spiro atoms. The summed E-state index contributed by atoms with van der Waals surface area (Å²) in [6.45, 7) is 0.383. The van der Waals surface area contributed by atoms with Crippen molar-refractivity contribution in [2.75, 3.05) is 7.11 Å². The molecule has 0 N–H and O–H groups in total. The molecule has 0 aliphatic heterocycles. The molecule has 0 atom stereocenters. The molecule has 0 heterocycles. The maximum absolute atomic E-state index is 8.86. The van der Waals surface area contributed by atoms with Crippen LogP contribution in [0.25, 0.3) is 0 Å². The van der Waals surface area contributed by atoms with Crippen molar-refractivity contribution in [1.82, 2.24) is 0 Å². The Morgan fingerprint density at radius 1 is 1.21 bits per heavy atom. The van der Waals surface area contributed by atoms with Gasteiger partial charge in [-0.2, -0.15) is 5.26 Å². The summed E-state index contributed by atoms with van der Waals surface area (Å²) in [5, 5.41) is 8.86. The molecule has 2 aromatic rings. The summed E-state index contributed by atoms with van der Waals surface area (Å²) in [5.41, 5.74) is 1.57. The van der Waals surface area contributed by atoms with Gasteiger partial charge >= 0.3 is 0 Å². The molecule has 0 aromatic heterocycles. The first-order chi connectivity index (χ1) is 9.24. The van der Waals surface area contributed by atoms with E-state index < -0.39 is 0 Å². The monoisotopic (exact) mass is 317 g/mol. The predicted octanol–water partition coefficient (Wildman–Crippen LogP) is 3.91. The quantitative estimate of drug-likeness (QED) is 0.858. The van der Waals surface area contributed by atoms with E-state index in [1.807, 2.05) is 36.4 Å². The number of nitriles is 1. The number of ether oxygens (including phenoxy) is 2. The minimum absolute atomic E-state index is 0.383. The van der Waals surface area contributed by atoms with Gasteiger partial charge in [0.1, 0.15) is 6.61 Å². The largest absolute Gasteiger partial charge is 0.493 e. The van der Waals surface area contributed by atoms with Gasteiger partial charge < -0.3 is 9.47 Å². The fourth-order valence-corrected chi connectivity index (χ4v) is 2.14. The van der Waals surface area contributed by atoms with E-state index in [2.05, 4.69) is 22.0 Å². The first kappa shape index (κ1) is 13.4. The van der Waals surface area contributed by atoms with E-state index in [1.165, 1.54) is 0 Å². The third-order valence-corrected chi connectivity index (χ3v) is 3.21. The molecule has 0 aliphatic carbocycles. The van der Waals surface area contributed by atoms with Crippen LogP contribution in [0.3, 0.4) is 0 Å². The minimum Gasteiger partial charge on any atom is -0.493 e. The summed E-state index contributed by atoms with van der Waals surface area (Å²) in [6, 6.07) is 15.1. The van der Waals surface area contributed by atoms with Gasteiger partial charge in [0.25, 0.3) is 0 Å². The number of para-hydroxylation sites is 1. The number of hydrogen-bond donors (Lipinski definition) is 0. The third-order valence-electron chi connectivity index (χ3n) is 2.59. The number of methoxy groups -OCH3 is 1. The van der Waals surface area contributed by atoms with Gasteiger partial charge in [-0.1, -0.05) is 18.2 Å². The fourth-order valence-electron chi connectivity index (χ4n) is 1.68. The lowest BCUT2D eigenvalue weighted by atomic mass is 10.1. The maximum atomic E-state index is 8.86. The lowest BCUT2D eigenvalue weighted by Crippen LogP contribution is -1.98. The topological polar surface area (TPSA) is 42.2 Å². The van der Waals surface area contributed by atoms with Gasteiger partial charge in [-0.15, -0.1) is 0 Å². The summed E-state index contributed by atoms with van der Waals surface area (Å²) < 4.78 is 11.9. The first-order valence-electron chi connectivity index (χ1n) is 5.69. The van der Waals surface area contributed by atoms with Gasteiger partial charge in [0, 0.05) is 0 Å². The average Bonchev–Trinajstić information content (AvgIpc) is 2.46. The van der Waals surface area contributed by atoms with Crippen molar-refractivity contribution in [3.05, 3.63) is 58.1 Å². The first-order valence-corrected chi connectivity index (χ1v) is 6.48. The molecule has 0 saturated heterocycles. The van der Waals surface area contributed by atoms with E-state index in [0.717, 1.165) is 10.0 Å². The van der Waals surface area contributed by atoms with Crippen LogP contribution in [0.5, 0.6) is 11.5 Å². The molecule has 4 heteroatoms. The van der Waals surface area contributed by atoms with Crippen LogP contribution >= 0.6 is 15.9 Å². The molecular formula is C15H12BrNO2. The van der Waals surface area contributed by atoms with Crippen LogP contribution in [0.1, 0.15) is 11.1 Å². The molecule has 0 bridgehead atoms. The van der Waals surface area contributed by atoms with E-state index in [0.29, 0.717) is 23.7 Å². The van der Waals surface area contributed by atoms with E-state index in [1.54, 1.807) is 13.2 Å². The summed E-state index contributed by atoms with van der Waals surface area (Å²) >= 11 is 3.43. The van der Waals surface area contributed by atoms with Crippen molar-refractivity contribution in [3.63, 3.8) is 0 Å². The Hall–Kier alpha value is -1.99. The van der Waals surface area contributed by atoms with E-state index in [4.69, 9.17) is 14.7 Å². The van der Waals surface area contributed by atoms with E-state index in [9.17, 15) is 0 Å². The smallest absolute Gasteiger partial charge is 0.175 e. The Morgan fingerprint density at radius 3 is 2.74 bits per heavy atom. The Morgan fingerprint density at radius 2 is 2.00 bits per heavy atom. The Balaban J connectivity index is 2.17. The van der Waals surface area contributed by atoms with Gasteiger partial charge in [0.05, 0.1) is 23.2 Å². The molecule has 0 fully saturated rings. The summed E-state index contributed by atoms with van der Waals surface area (Å²) in [7, 11) is 1.60. The van der Waals surface area contributed by atoms with E-state index >= 15 is 0 Å².